The van der Waals surface area contributed by atoms with Crippen LogP contribution < -0.4 is 0 Å². The number of carbonyl (C=O) groups excluding carboxylic acids is 1. The minimum absolute atomic E-state index is 0.340. The van der Waals surface area contributed by atoms with Gasteiger partial charge in [0.25, 0.3) is 0 Å². The van der Waals surface area contributed by atoms with Gasteiger partial charge in [0.1, 0.15) is 0 Å². The van der Waals surface area contributed by atoms with Gasteiger partial charge >= 0.3 is 71.6 Å². The molecule has 1 nitrogen and oxygen atoms in total. The van der Waals surface area contributed by atoms with Crippen LogP contribution in [-0.4, -0.2) is 20.7 Å². The third-order valence-electron chi connectivity index (χ3n) is 1.81. The average Bonchev–Trinajstić information content (AvgIpc) is 2.06. The van der Waals surface area contributed by atoms with Crippen molar-refractivity contribution in [1.82, 2.24) is 0 Å². The van der Waals surface area contributed by atoms with E-state index in [0.29, 0.717) is 20.7 Å². The number of benzene rings is 1. The number of carbonyl (C=O) groups is 1. The molecule has 2 heteroatoms. The van der Waals surface area contributed by atoms with Crippen molar-refractivity contribution < 1.29 is 4.79 Å². The molecule has 1 aromatic rings. The summed E-state index contributed by atoms with van der Waals surface area (Å²) in [6.45, 7) is 0. The van der Waals surface area contributed by atoms with Crippen LogP contribution in [0.4, 0.5) is 0 Å². The molecule has 0 bridgehead atoms. The summed E-state index contributed by atoms with van der Waals surface area (Å²) in [5.41, 5.74) is 2.21. The van der Waals surface area contributed by atoms with Gasteiger partial charge in [-0.25, -0.2) is 0 Å². The molecular weight excluding hydrogens is 203 g/mol. The average molecular weight is 211 g/mol. The maximum absolute atomic E-state index is 11.3. The third kappa shape index (κ3) is 1.24. The van der Waals surface area contributed by atoms with Gasteiger partial charge in [-0.3, -0.25) is 0 Å². The summed E-state index contributed by atoms with van der Waals surface area (Å²) in [6.07, 6.45) is 0. The van der Waals surface area contributed by atoms with Gasteiger partial charge in [-0.15, -0.1) is 0 Å². The molecule has 0 saturated carbocycles. The zero-order chi connectivity index (χ0) is 7.68. The van der Waals surface area contributed by atoms with Gasteiger partial charge in [-0.1, -0.05) is 0 Å². The van der Waals surface area contributed by atoms with E-state index in [-0.39, 0.29) is 0 Å². The molecule has 0 saturated heterocycles. The Morgan fingerprint density at radius 2 is 2.00 bits per heavy atom. The molecule has 0 atom stereocenters. The van der Waals surface area contributed by atoms with Gasteiger partial charge in [0, 0.05) is 0 Å². The van der Waals surface area contributed by atoms with Gasteiger partial charge in [0.2, 0.25) is 0 Å². The van der Waals surface area contributed by atoms with Crippen LogP contribution >= 0.6 is 0 Å². The number of hydrogen-bond acceptors (Lipinski definition) is 1. The molecule has 1 heterocycles. The van der Waals surface area contributed by atoms with Crippen molar-refractivity contribution >= 4 is 20.7 Å². The zero-order valence-corrected chi connectivity index (χ0v) is 7.75. The molecule has 0 spiro atoms. The van der Waals surface area contributed by atoms with E-state index in [1.165, 1.54) is 5.56 Å². The first-order valence-corrected chi connectivity index (χ1v) is 5.99. The second-order valence-corrected chi connectivity index (χ2v) is 4.64. The van der Waals surface area contributed by atoms with Gasteiger partial charge in [0.05, 0.1) is 0 Å². The monoisotopic (exact) mass is 212 g/mol. The van der Waals surface area contributed by atoms with E-state index in [2.05, 4.69) is 6.07 Å². The van der Waals surface area contributed by atoms with Gasteiger partial charge in [0.15, 0.2) is 0 Å². The van der Waals surface area contributed by atoms with E-state index in [4.69, 9.17) is 0 Å². The Bertz CT molecular complexity index is 293. The predicted molar refractivity (Wildman–Crippen MR) is 45.0 cm³/mol. The number of hydrogen-bond donors (Lipinski definition) is 0. The van der Waals surface area contributed by atoms with Crippen LogP contribution in [0, 0.1) is 0 Å². The van der Waals surface area contributed by atoms with E-state index in [0.717, 1.165) is 16.2 Å². The fourth-order valence-electron chi connectivity index (χ4n) is 1.25. The summed E-state index contributed by atoms with van der Waals surface area (Å²) in [4.78, 5) is 11.3. The molecule has 0 radical (unpaired) electrons. The van der Waals surface area contributed by atoms with E-state index in [1.807, 2.05) is 18.2 Å². The number of ketones is 1. The standard InChI is InChI=1S/C9H8OSe/c10-9-6-11-5-7-3-1-2-4-8(7)9/h1-4H,5-6H2. The summed E-state index contributed by atoms with van der Waals surface area (Å²) >= 11 is 0.519. The van der Waals surface area contributed by atoms with Crippen molar-refractivity contribution in [2.45, 2.75) is 10.6 Å². The van der Waals surface area contributed by atoms with Crippen molar-refractivity contribution in [2.75, 3.05) is 0 Å². The van der Waals surface area contributed by atoms with Crippen LogP contribution in [0.1, 0.15) is 15.9 Å². The fourth-order valence-corrected chi connectivity index (χ4v) is 3.17. The molecule has 0 fully saturated rings. The predicted octanol–water partition coefficient (Wildman–Crippen LogP) is 1.51. The summed E-state index contributed by atoms with van der Waals surface area (Å²) in [6, 6.07) is 7.95. The molecule has 0 unspecified atom stereocenters. The normalized spacial score (nSPS) is 16.2. The third-order valence-corrected chi connectivity index (χ3v) is 3.87. The molecule has 1 aromatic carbocycles. The van der Waals surface area contributed by atoms with Crippen LogP contribution in [0.2, 0.25) is 5.32 Å². The van der Waals surface area contributed by atoms with Crippen molar-refractivity contribution in [1.29, 1.82) is 0 Å². The summed E-state index contributed by atoms with van der Waals surface area (Å²) < 4.78 is 0. The van der Waals surface area contributed by atoms with Gasteiger partial charge in [-0.05, 0) is 0 Å². The molecule has 0 aromatic heterocycles. The van der Waals surface area contributed by atoms with Crippen LogP contribution in [0.5, 0.6) is 0 Å². The van der Waals surface area contributed by atoms with Crippen molar-refractivity contribution in [3.63, 3.8) is 0 Å². The first kappa shape index (κ1) is 7.08. The Hall–Kier alpha value is -0.591. The Labute approximate surface area is 72.0 Å². The van der Waals surface area contributed by atoms with E-state index >= 15 is 0 Å². The molecule has 2 rings (SSSR count). The molecule has 56 valence electrons. The van der Waals surface area contributed by atoms with Crippen LogP contribution in [0.25, 0.3) is 0 Å². The first-order valence-electron chi connectivity index (χ1n) is 3.57. The molecule has 0 amide bonds. The topological polar surface area (TPSA) is 17.1 Å². The number of rotatable bonds is 0. The Morgan fingerprint density at radius 1 is 1.18 bits per heavy atom. The summed E-state index contributed by atoms with van der Waals surface area (Å²) in [5, 5.41) is 1.93. The van der Waals surface area contributed by atoms with E-state index in [9.17, 15) is 4.79 Å². The van der Waals surface area contributed by atoms with Crippen LogP contribution in [0.15, 0.2) is 24.3 Å². The quantitative estimate of drug-likeness (QED) is 0.594. The summed E-state index contributed by atoms with van der Waals surface area (Å²) in [7, 11) is 0. The maximum atomic E-state index is 11.3. The number of fused-ring (bicyclic) bond motifs is 1. The molecule has 11 heavy (non-hydrogen) atoms. The molecule has 0 N–H and O–H groups in total. The zero-order valence-electron chi connectivity index (χ0n) is 6.04. The van der Waals surface area contributed by atoms with Gasteiger partial charge < -0.3 is 0 Å². The van der Waals surface area contributed by atoms with Crippen LogP contribution in [-0.2, 0) is 5.32 Å². The van der Waals surface area contributed by atoms with Crippen molar-refractivity contribution in [2.24, 2.45) is 0 Å². The Balaban J connectivity index is 2.52. The van der Waals surface area contributed by atoms with Crippen LogP contribution in [0.3, 0.4) is 0 Å². The second-order valence-electron chi connectivity index (χ2n) is 2.57. The Kier molecular flexibility index (Phi) is 1.80. The molecular formula is C9H8OSe. The molecule has 1 aliphatic rings. The van der Waals surface area contributed by atoms with E-state index in [1.54, 1.807) is 0 Å². The molecule has 0 aliphatic carbocycles. The Morgan fingerprint density at radius 3 is 2.82 bits per heavy atom. The number of Topliss-reactive ketones (excluding diaryl/α,β-unsaturated/α-hetero) is 1. The molecule has 1 aliphatic heterocycles. The second kappa shape index (κ2) is 2.80. The van der Waals surface area contributed by atoms with E-state index < -0.39 is 0 Å². The SMILES string of the molecule is O=C1C[Se]Cc2ccccc21. The van der Waals surface area contributed by atoms with Gasteiger partial charge in [-0.2, -0.15) is 0 Å². The first-order chi connectivity index (χ1) is 5.38. The minimum atomic E-state index is 0.340. The van der Waals surface area contributed by atoms with Crippen molar-refractivity contribution in [3.8, 4) is 0 Å². The summed E-state index contributed by atoms with van der Waals surface area (Å²) in [5.74, 6) is 0.340. The van der Waals surface area contributed by atoms with Crippen molar-refractivity contribution in [3.05, 3.63) is 35.4 Å². The fraction of sp³-hybridized carbons (Fsp3) is 0.222.